The van der Waals surface area contributed by atoms with Gasteiger partial charge >= 0.3 is 0 Å². The standard InChI is InChI=1S/C75H127NO18/c1-3-5-7-9-11-13-15-17-19-21-23-25-27-28-29-30-31-33-35-37-39-41-43-45-47-49-51-53-63(81)76-58(59(80)52-50-48-46-44-42-40-38-36-34-32-26-24-22-20-18-16-14-12-10-8-6-4-2)57-89-73-69(87)66(84)71(61(55-78)91-73)94-75-70(88)67(85)72(62(56-79)92-75)93-74-68(86)65(83)64(82)60(54-77)90-74/h5,7,11,13,17,19,23,25,28-29,31,33,37,39,43,45,50,52,58-62,64-75,77-80,82-88H,3-4,6,8-10,12,14-16,18,20-22,24,26-27,30,32,34-36,38,40-42,44,46-49,51,53-57H2,1-2H3,(H,76,81)/b7-5-,13-11-,19-17-,25-23-,29-28-,33-31-,39-37-,45-43-,52-50+. The summed E-state index contributed by atoms with van der Waals surface area (Å²) in [5, 5.41) is 121. The normalized spacial score (nSPS) is 28.0. The molecule has 540 valence electrons. The van der Waals surface area contributed by atoms with Crippen molar-refractivity contribution in [2.75, 3.05) is 26.4 Å². The molecule has 19 heteroatoms. The van der Waals surface area contributed by atoms with Gasteiger partial charge in [-0.15, -0.1) is 0 Å². The summed E-state index contributed by atoms with van der Waals surface area (Å²) in [6.45, 7) is 1.59. The van der Waals surface area contributed by atoms with Crippen LogP contribution < -0.4 is 5.32 Å². The van der Waals surface area contributed by atoms with Crippen molar-refractivity contribution in [3.8, 4) is 0 Å². The molecule has 3 saturated heterocycles. The minimum atomic E-state index is -1.99. The van der Waals surface area contributed by atoms with E-state index in [2.05, 4.69) is 116 Å². The van der Waals surface area contributed by atoms with Crippen molar-refractivity contribution in [3.63, 3.8) is 0 Å². The number of nitrogens with one attached hydrogen (secondary N) is 1. The lowest BCUT2D eigenvalue weighted by Crippen LogP contribution is -2.66. The van der Waals surface area contributed by atoms with Crippen molar-refractivity contribution in [2.45, 2.75) is 330 Å². The van der Waals surface area contributed by atoms with E-state index in [9.17, 15) is 61.0 Å². The molecule has 17 unspecified atom stereocenters. The van der Waals surface area contributed by atoms with E-state index in [1.807, 2.05) is 6.08 Å². The van der Waals surface area contributed by atoms with Crippen LogP contribution in [0.25, 0.3) is 0 Å². The fourth-order valence-corrected chi connectivity index (χ4v) is 11.5. The Balaban J connectivity index is 1.46. The lowest BCUT2D eigenvalue weighted by molar-refractivity contribution is -0.379. The number of unbranched alkanes of at least 4 members (excludes halogenated alkanes) is 22. The van der Waals surface area contributed by atoms with Crippen LogP contribution in [0.4, 0.5) is 0 Å². The van der Waals surface area contributed by atoms with E-state index in [1.165, 1.54) is 109 Å². The largest absolute Gasteiger partial charge is 0.394 e. The second-order valence-electron chi connectivity index (χ2n) is 25.3. The highest BCUT2D eigenvalue weighted by molar-refractivity contribution is 5.76. The highest BCUT2D eigenvalue weighted by Crippen LogP contribution is 2.33. The van der Waals surface area contributed by atoms with E-state index >= 15 is 0 Å². The van der Waals surface area contributed by atoms with Gasteiger partial charge in [0.15, 0.2) is 18.9 Å². The second kappa shape index (κ2) is 55.3. The Morgan fingerprint density at radius 1 is 0.394 bits per heavy atom. The number of amides is 1. The number of carbonyl (C=O) groups is 1. The van der Waals surface area contributed by atoms with Crippen molar-refractivity contribution >= 4 is 5.91 Å². The molecule has 12 N–H and O–H groups in total. The van der Waals surface area contributed by atoms with Gasteiger partial charge in [-0.25, -0.2) is 0 Å². The van der Waals surface area contributed by atoms with Crippen LogP contribution >= 0.6 is 0 Å². The van der Waals surface area contributed by atoms with E-state index in [-0.39, 0.29) is 18.9 Å². The number of hydrogen-bond donors (Lipinski definition) is 12. The number of aliphatic hydroxyl groups is 11. The fourth-order valence-electron chi connectivity index (χ4n) is 11.5. The number of allylic oxidation sites excluding steroid dienone is 17. The first-order chi connectivity index (χ1) is 45.8. The van der Waals surface area contributed by atoms with Gasteiger partial charge in [-0.3, -0.25) is 4.79 Å². The molecule has 1 amide bonds. The Labute approximate surface area is 564 Å². The zero-order chi connectivity index (χ0) is 68.2. The van der Waals surface area contributed by atoms with Crippen molar-refractivity contribution in [3.05, 3.63) is 109 Å². The first kappa shape index (κ1) is 84.7. The number of hydrogen-bond acceptors (Lipinski definition) is 18. The molecule has 19 nitrogen and oxygen atoms in total. The molecule has 3 fully saturated rings. The summed E-state index contributed by atoms with van der Waals surface area (Å²) >= 11 is 0. The van der Waals surface area contributed by atoms with Crippen LogP contribution in [0.3, 0.4) is 0 Å². The maximum Gasteiger partial charge on any atom is 0.220 e. The Kier molecular flexibility index (Phi) is 49.9. The molecule has 3 aliphatic rings. The average Bonchev–Trinajstić information content (AvgIpc) is 0.787. The Hall–Kier alpha value is -3.55. The highest BCUT2D eigenvalue weighted by Gasteiger charge is 2.53. The van der Waals surface area contributed by atoms with Crippen molar-refractivity contribution in [1.82, 2.24) is 5.32 Å². The predicted molar refractivity (Wildman–Crippen MR) is 369 cm³/mol. The molecule has 0 aromatic rings. The first-order valence-electron chi connectivity index (χ1n) is 36.1. The zero-order valence-electron chi connectivity index (χ0n) is 57.1. The number of aliphatic hydroxyl groups excluding tert-OH is 11. The summed E-state index contributed by atoms with van der Waals surface area (Å²) in [7, 11) is 0. The molecule has 0 aliphatic carbocycles. The third-order valence-electron chi connectivity index (χ3n) is 17.3. The molecule has 3 heterocycles. The molecule has 3 rings (SSSR count). The number of carbonyl (C=O) groups excluding carboxylic acids is 1. The molecule has 0 aromatic heterocycles. The van der Waals surface area contributed by atoms with Crippen LogP contribution in [0.15, 0.2) is 109 Å². The molecule has 3 aliphatic heterocycles. The van der Waals surface area contributed by atoms with E-state index in [0.29, 0.717) is 6.42 Å². The van der Waals surface area contributed by atoms with Crippen molar-refractivity contribution in [1.29, 1.82) is 0 Å². The number of rotatable bonds is 54. The second-order valence-corrected chi connectivity index (χ2v) is 25.3. The molecule has 17 atom stereocenters. The maximum atomic E-state index is 13.4. The van der Waals surface area contributed by atoms with E-state index < -0.39 is 124 Å². The van der Waals surface area contributed by atoms with E-state index in [1.54, 1.807) is 6.08 Å². The van der Waals surface area contributed by atoms with Gasteiger partial charge in [0.2, 0.25) is 5.91 Å². The molecule has 94 heavy (non-hydrogen) atoms. The fraction of sp³-hybridized carbons (Fsp3) is 0.747. The molecule has 0 spiro atoms. The predicted octanol–water partition coefficient (Wildman–Crippen LogP) is 10.2. The summed E-state index contributed by atoms with van der Waals surface area (Å²) in [5.74, 6) is -0.321. The summed E-state index contributed by atoms with van der Waals surface area (Å²) in [6.07, 6.45) is 47.7. The molecule has 0 radical (unpaired) electrons. The average molecular weight is 1330 g/mol. The van der Waals surface area contributed by atoms with Gasteiger partial charge in [-0.1, -0.05) is 245 Å². The summed E-state index contributed by atoms with van der Waals surface area (Å²) in [6, 6.07) is -1.01. The van der Waals surface area contributed by atoms with Gasteiger partial charge in [0, 0.05) is 6.42 Å². The third kappa shape index (κ3) is 36.3. The van der Waals surface area contributed by atoms with Gasteiger partial charge in [-0.2, -0.15) is 0 Å². The topological polar surface area (TPSA) is 307 Å². The van der Waals surface area contributed by atoms with Gasteiger partial charge in [-0.05, 0) is 83.5 Å². The lowest BCUT2D eigenvalue weighted by Gasteiger charge is -2.48. The minimum absolute atomic E-state index is 0.181. The van der Waals surface area contributed by atoms with E-state index in [0.717, 1.165) is 89.9 Å². The van der Waals surface area contributed by atoms with Gasteiger partial charge in [0.1, 0.15) is 73.2 Å². The first-order valence-corrected chi connectivity index (χ1v) is 36.1. The van der Waals surface area contributed by atoms with Crippen LogP contribution in [0.5, 0.6) is 0 Å². The molecular formula is C75H127NO18. The summed E-state index contributed by atoms with van der Waals surface area (Å²) in [5.41, 5.74) is 0. The van der Waals surface area contributed by atoms with Gasteiger partial charge in [0.05, 0.1) is 38.6 Å². The minimum Gasteiger partial charge on any atom is -0.394 e. The molecule has 0 saturated carbocycles. The van der Waals surface area contributed by atoms with Crippen LogP contribution in [0.2, 0.25) is 0 Å². The SMILES string of the molecule is CC/C=C\C/C=C\C/C=C\C/C=C\C/C=C\C/C=C\C/C=C\C/C=C\CCCCC(=O)NC(COC1OC(CO)C(OC2OC(CO)C(OC3OC(CO)C(O)C(O)C3O)C(O)C2O)C(O)C1O)C(O)/C=C/CCCCCCCCCCCCCCCCCCCCCC. The third-order valence-corrected chi connectivity index (χ3v) is 17.3. The van der Waals surface area contributed by atoms with E-state index in [4.69, 9.17) is 28.4 Å². The van der Waals surface area contributed by atoms with Crippen molar-refractivity contribution < 1.29 is 89.4 Å². The van der Waals surface area contributed by atoms with Crippen LogP contribution in [0.1, 0.15) is 226 Å². The maximum absolute atomic E-state index is 13.4. The van der Waals surface area contributed by atoms with Crippen molar-refractivity contribution in [2.24, 2.45) is 0 Å². The van der Waals surface area contributed by atoms with Crippen LogP contribution in [-0.2, 0) is 33.2 Å². The molecule has 0 bridgehead atoms. The zero-order valence-corrected chi connectivity index (χ0v) is 57.1. The van der Waals surface area contributed by atoms with Crippen LogP contribution in [0, 0.1) is 0 Å². The summed E-state index contributed by atoms with van der Waals surface area (Å²) in [4.78, 5) is 13.4. The lowest BCUT2D eigenvalue weighted by atomic mass is 9.96. The Morgan fingerprint density at radius 3 is 1.15 bits per heavy atom. The highest BCUT2D eigenvalue weighted by atomic mass is 16.8. The quantitative estimate of drug-likeness (QED) is 0.0199. The Morgan fingerprint density at radius 2 is 0.734 bits per heavy atom. The van der Waals surface area contributed by atoms with Gasteiger partial charge < -0.3 is 89.9 Å². The summed E-state index contributed by atoms with van der Waals surface area (Å²) < 4.78 is 34.3. The monoisotopic (exact) mass is 1330 g/mol. The smallest absolute Gasteiger partial charge is 0.220 e. The molecule has 0 aromatic carbocycles. The van der Waals surface area contributed by atoms with Gasteiger partial charge in [0.25, 0.3) is 0 Å². The Bertz CT molecular complexity index is 2130. The molecular weight excluding hydrogens is 1200 g/mol. The van der Waals surface area contributed by atoms with Crippen LogP contribution in [-0.4, -0.2) is 193 Å². The number of ether oxygens (including phenoxy) is 6.